The van der Waals surface area contributed by atoms with Gasteiger partial charge in [0.2, 0.25) is 0 Å². The Labute approximate surface area is 103 Å². The third kappa shape index (κ3) is 4.07. The summed E-state index contributed by atoms with van der Waals surface area (Å²) in [6.45, 7) is 6.78. The predicted molar refractivity (Wildman–Crippen MR) is 70.2 cm³/mol. The van der Waals surface area contributed by atoms with Crippen molar-refractivity contribution in [1.82, 2.24) is 5.32 Å². The molecule has 1 aromatic rings. The zero-order valence-electron chi connectivity index (χ0n) is 10.6. The number of nitrogens with zero attached hydrogens (tertiary/aromatic N) is 1. The SMILES string of the molecule is Cc1ccc([C@@H](C)NCC(C)/C(N)=N/O)cc1. The Balaban J connectivity index is 2.50. The highest BCUT2D eigenvalue weighted by molar-refractivity contribution is 5.82. The van der Waals surface area contributed by atoms with Crippen molar-refractivity contribution in [2.45, 2.75) is 26.8 Å². The highest BCUT2D eigenvalue weighted by atomic mass is 16.4. The van der Waals surface area contributed by atoms with Crippen molar-refractivity contribution in [2.75, 3.05) is 6.54 Å². The number of oxime groups is 1. The lowest BCUT2D eigenvalue weighted by atomic mass is 10.1. The molecule has 0 bridgehead atoms. The van der Waals surface area contributed by atoms with Crippen LogP contribution in [-0.4, -0.2) is 17.6 Å². The van der Waals surface area contributed by atoms with Crippen LogP contribution in [0.15, 0.2) is 29.4 Å². The summed E-state index contributed by atoms with van der Waals surface area (Å²) in [5, 5.41) is 14.9. The molecular weight excluding hydrogens is 214 g/mol. The van der Waals surface area contributed by atoms with Crippen molar-refractivity contribution < 1.29 is 5.21 Å². The smallest absolute Gasteiger partial charge is 0.143 e. The van der Waals surface area contributed by atoms with Crippen LogP contribution >= 0.6 is 0 Å². The van der Waals surface area contributed by atoms with E-state index in [1.54, 1.807) is 0 Å². The Morgan fingerprint density at radius 3 is 2.47 bits per heavy atom. The molecule has 4 nitrogen and oxygen atoms in total. The largest absolute Gasteiger partial charge is 0.409 e. The molecule has 0 saturated heterocycles. The Kier molecular flexibility index (Phi) is 4.97. The van der Waals surface area contributed by atoms with Crippen molar-refractivity contribution in [2.24, 2.45) is 16.8 Å². The molecule has 94 valence electrons. The highest BCUT2D eigenvalue weighted by Gasteiger charge is 2.10. The van der Waals surface area contributed by atoms with Crippen molar-refractivity contribution in [1.29, 1.82) is 0 Å². The maximum Gasteiger partial charge on any atom is 0.143 e. The van der Waals surface area contributed by atoms with Crippen LogP contribution in [0.3, 0.4) is 0 Å². The molecule has 17 heavy (non-hydrogen) atoms. The first-order valence-electron chi connectivity index (χ1n) is 5.82. The molecule has 0 saturated carbocycles. The fraction of sp³-hybridized carbons (Fsp3) is 0.462. The van der Waals surface area contributed by atoms with Gasteiger partial charge in [0.05, 0.1) is 0 Å². The second-order valence-electron chi connectivity index (χ2n) is 4.47. The zero-order valence-corrected chi connectivity index (χ0v) is 10.6. The van der Waals surface area contributed by atoms with Gasteiger partial charge in [-0.2, -0.15) is 0 Å². The van der Waals surface area contributed by atoms with Gasteiger partial charge in [-0.25, -0.2) is 0 Å². The molecule has 2 atom stereocenters. The quantitative estimate of drug-likeness (QED) is 0.316. The number of benzene rings is 1. The molecule has 0 aromatic heterocycles. The normalized spacial score (nSPS) is 15.6. The number of nitrogens with two attached hydrogens (primary N) is 1. The van der Waals surface area contributed by atoms with Gasteiger partial charge in [0, 0.05) is 18.5 Å². The standard InChI is InChI=1S/C13H21N3O/c1-9-4-6-12(7-5-9)11(3)15-8-10(2)13(14)16-17/h4-7,10-11,15,17H,8H2,1-3H3,(H2,14,16)/t10?,11-/m1/s1. The Morgan fingerprint density at radius 1 is 1.35 bits per heavy atom. The van der Waals surface area contributed by atoms with E-state index in [0.29, 0.717) is 6.54 Å². The number of hydrogen-bond acceptors (Lipinski definition) is 3. The monoisotopic (exact) mass is 235 g/mol. The molecule has 0 aliphatic heterocycles. The highest BCUT2D eigenvalue weighted by Crippen LogP contribution is 2.13. The third-order valence-electron chi connectivity index (χ3n) is 2.93. The lowest BCUT2D eigenvalue weighted by Crippen LogP contribution is -2.32. The van der Waals surface area contributed by atoms with Crippen molar-refractivity contribution >= 4 is 5.84 Å². The van der Waals surface area contributed by atoms with E-state index in [9.17, 15) is 0 Å². The van der Waals surface area contributed by atoms with Gasteiger partial charge in [0.1, 0.15) is 5.84 Å². The van der Waals surface area contributed by atoms with E-state index < -0.39 is 0 Å². The third-order valence-corrected chi connectivity index (χ3v) is 2.93. The lowest BCUT2D eigenvalue weighted by molar-refractivity contribution is 0.313. The minimum atomic E-state index is 0.0212. The van der Waals surface area contributed by atoms with Crippen LogP contribution in [0.5, 0.6) is 0 Å². The summed E-state index contributed by atoms with van der Waals surface area (Å²) >= 11 is 0. The summed E-state index contributed by atoms with van der Waals surface area (Å²) in [6, 6.07) is 8.67. The van der Waals surface area contributed by atoms with Gasteiger partial charge in [-0.05, 0) is 19.4 Å². The van der Waals surface area contributed by atoms with Gasteiger partial charge >= 0.3 is 0 Å². The first-order valence-corrected chi connectivity index (χ1v) is 5.82. The van der Waals surface area contributed by atoms with Crippen LogP contribution in [0.25, 0.3) is 0 Å². The van der Waals surface area contributed by atoms with Crippen molar-refractivity contribution in [3.05, 3.63) is 35.4 Å². The maximum absolute atomic E-state index is 8.55. The Bertz CT molecular complexity index is 373. The first-order chi connectivity index (χ1) is 8.04. The molecule has 1 rings (SSSR count). The second kappa shape index (κ2) is 6.25. The van der Waals surface area contributed by atoms with Gasteiger partial charge in [0.25, 0.3) is 0 Å². The molecule has 0 fully saturated rings. The summed E-state index contributed by atoms with van der Waals surface area (Å²) in [6.07, 6.45) is 0. The average molecular weight is 235 g/mol. The molecular formula is C13H21N3O. The fourth-order valence-electron chi connectivity index (χ4n) is 1.53. The second-order valence-corrected chi connectivity index (χ2v) is 4.47. The summed E-state index contributed by atoms with van der Waals surface area (Å²) in [5.74, 6) is 0.279. The molecule has 0 aliphatic rings. The molecule has 0 radical (unpaired) electrons. The van der Waals surface area contributed by atoms with E-state index in [1.165, 1.54) is 11.1 Å². The van der Waals surface area contributed by atoms with E-state index >= 15 is 0 Å². The Hall–Kier alpha value is -1.55. The van der Waals surface area contributed by atoms with Crippen LogP contribution in [0, 0.1) is 12.8 Å². The number of amidine groups is 1. The average Bonchev–Trinajstić information content (AvgIpc) is 2.35. The number of rotatable bonds is 5. The van der Waals surface area contributed by atoms with E-state index in [1.807, 2.05) is 6.92 Å². The first kappa shape index (κ1) is 13.5. The maximum atomic E-state index is 8.55. The lowest BCUT2D eigenvalue weighted by Gasteiger charge is -2.17. The number of nitrogens with one attached hydrogen (secondary N) is 1. The van der Waals surface area contributed by atoms with Crippen LogP contribution < -0.4 is 11.1 Å². The zero-order chi connectivity index (χ0) is 12.8. The summed E-state index contributed by atoms with van der Waals surface area (Å²) in [4.78, 5) is 0. The number of aryl methyl sites for hydroxylation is 1. The van der Waals surface area contributed by atoms with E-state index in [-0.39, 0.29) is 17.8 Å². The van der Waals surface area contributed by atoms with Crippen LogP contribution in [0.4, 0.5) is 0 Å². The molecule has 1 unspecified atom stereocenters. The number of hydrogen-bond donors (Lipinski definition) is 3. The molecule has 0 spiro atoms. The van der Waals surface area contributed by atoms with Gasteiger partial charge < -0.3 is 16.3 Å². The summed E-state index contributed by atoms with van der Waals surface area (Å²) in [7, 11) is 0. The van der Waals surface area contributed by atoms with Crippen molar-refractivity contribution in [3.8, 4) is 0 Å². The van der Waals surface area contributed by atoms with Crippen molar-refractivity contribution in [3.63, 3.8) is 0 Å². The minimum Gasteiger partial charge on any atom is -0.409 e. The molecule has 1 aromatic carbocycles. The van der Waals surface area contributed by atoms with Gasteiger partial charge in [-0.15, -0.1) is 0 Å². The molecule has 0 heterocycles. The molecule has 0 amide bonds. The summed E-state index contributed by atoms with van der Waals surface area (Å²) in [5.41, 5.74) is 8.02. The molecule has 4 N–H and O–H groups in total. The van der Waals surface area contributed by atoms with Crippen LogP contribution in [-0.2, 0) is 0 Å². The fourth-order valence-corrected chi connectivity index (χ4v) is 1.53. The van der Waals surface area contributed by atoms with Crippen LogP contribution in [0.2, 0.25) is 0 Å². The predicted octanol–water partition coefficient (Wildman–Crippen LogP) is 2.03. The topological polar surface area (TPSA) is 70.6 Å². The van der Waals surface area contributed by atoms with E-state index in [0.717, 1.165) is 0 Å². The minimum absolute atomic E-state index is 0.0212. The van der Waals surface area contributed by atoms with Gasteiger partial charge in [0.15, 0.2) is 0 Å². The molecule has 0 aliphatic carbocycles. The van der Waals surface area contributed by atoms with Gasteiger partial charge in [-0.3, -0.25) is 0 Å². The summed E-state index contributed by atoms with van der Waals surface area (Å²) < 4.78 is 0. The van der Waals surface area contributed by atoms with Crippen LogP contribution in [0.1, 0.15) is 31.0 Å². The molecule has 4 heteroatoms. The van der Waals surface area contributed by atoms with E-state index in [4.69, 9.17) is 10.9 Å². The Morgan fingerprint density at radius 2 is 1.94 bits per heavy atom. The van der Waals surface area contributed by atoms with Gasteiger partial charge in [-0.1, -0.05) is 41.9 Å². The van der Waals surface area contributed by atoms with E-state index in [2.05, 4.69) is 48.6 Å².